The number of hydrogen-bond donors (Lipinski definition) is 2. The van der Waals surface area contributed by atoms with E-state index in [0.29, 0.717) is 5.69 Å². The number of para-hydroxylation sites is 1. The van der Waals surface area contributed by atoms with E-state index >= 15 is 0 Å². The SMILES string of the molecule is C=C1C=CC=CN1/C(CO)=C(\C)c1ccccc1N. The van der Waals surface area contributed by atoms with Crippen LogP contribution in [0.15, 0.2) is 66.7 Å². The average Bonchev–Trinajstić information content (AvgIpc) is 2.42. The number of aliphatic hydroxyl groups is 1. The van der Waals surface area contributed by atoms with E-state index in [9.17, 15) is 5.11 Å². The molecular formula is C16H18N2O. The van der Waals surface area contributed by atoms with Gasteiger partial charge in [0, 0.05) is 23.1 Å². The normalized spacial score (nSPS) is 15.7. The highest BCUT2D eigenvalue weighted by Gasteiger charge is 2.14. The Bertz CT molecular complexity index is 582. The molecule has 0 spiro atoms. The molecule has 3 N–H and O–H groups in total. The van der Waals surface area contributed by atoms with Crippen LogP contribution in [0.3, 0.4) is 0 Å². The lowest BCUT2D eigenvalue weighted by molar-refractivity contribution is 0.302. The molecule has 3 heteroatoms. The number of rotatable bonds is 3. The molecule has 0 atom stereocenters. The van der Waals surface area contributed by atoms with Gasteiger partial charge in [0.15, 0.2) is 0 Å². The van der Waals surface area contributed by atoms with Crippen molar-refractivity contribution < 1.29 is 5.11 Å². The van der Waals surface area contributed by atoms with Crippen molar-refractivity contribution in [1.29, 1.82) is 0 Å². The molecule has 2 rings (SSSR count). The first-order chi connectivity index (χ1) is 9.15. The average molecular weight is 254 g/mol. The highest BCUT2D eigenvalue weighted by Crippen LogP contribution is 2.28. The smallest absolute Gasteiger partial charge is 0.0839 e. The molecule has 0 saturated heterocycles. The molecule has 1 aliphatic rings. The first-order valence-electron chi connectivity index (χ1n) is 6.13. The van der Waals surface area contributed by atoms with Gasteiger partial charge >= 0.3 is 0 Å². The molecular weight excluding hydrogens is 236 g/mol. The van der Waals surface area contributed by atoms with E-state index in [1.54, 1.807) is 0 Å². The molecule has 0 aliphatic carbocycles. The molecule has 0 bridgehead atoms. The standard InChI is InChI=1S/C16H18N2O/c1-12-7-5-6-10-18(12)16(11-19)13(2)14-8-3-4-9-15(14)17/h3-10,19H,1,11,17H2,2H3/b16-13+. The second-order valence-electron chi connectivity index (χ2n) is 4.38. The second kappa shape index (κ2) is 5.59. The number of nitrogens with two attached hydrogens (primary N) is 1. The van der Waals surface area contributed by atoms with Crippen LogP contribution in [0, 0.1) is 0 Å². The van der Waals surface area contributed by atoms with Crippen LogP contribution in [-0.4, -0.2) is 16.6 Å². The molecule has 1 heterocycles. The van der Waals surface area contributed by atoms with Crippen LogP contribution in [0.5, 0.6) is 0 Å². The summed E-state index contributed by atoms with van der Waals surface area (Å²) in [6.07, 6.45) is 7.61. The first-order valence-corrected chi connectivity index (χ1v) is 6.13. The van der Waals surface area contributed by atoms with E-state index in [1.165, 1.54) is 0 Å². The van der Waals surface area contributed by atoms with E-state index in [-0.39, 0.29) is 6.61 Å². The lowest BCUT2D eigenvalue weighted by Crippen LogP contribution is -2.19. The number of benzene rings is 1. The fraction of sp³-hybridized carbons (Fsp3) is 0.125. The van der Waals surface area contributed by atoms with Crippen molar-refractivity contribution in [2.75, 3.05) is 12.3 Å². The highest BCUT2D eigenvalue weighted by atomic mass is 16.3. The number of nitrogens with zero attached hydrogens (tertiary/aromatic N) is 1. The number of anilines is 1. The van der Waals surface area contributed by atoms with Gasteiger partial charge < -0.3 is 15.7 Å². The number of nitrogen functional groups attached to an aromatic ring is 1. The van der Waals surface area contributed by atoms with E-state index in [4.69, 9.17) is 5.73 Å². The molecule has 19 heavy (non-hydrogen) atoms. The Kier molecular flexibility index (Phi) is 3.88. The summed E-state index contributed by atoms with van der Waals surface area (Å²) in [7, 11) is 0. The maximum absolute atomic E-state index is 9.68. The van der Waals surface area contributed by atoms with Gasteiger partial charge in [0.2, 0.25) is 0 Å². The zero-order valence-corrected chi connectivity index (χ0v) is 11.0. The van der Waals surface area contributed by atoms with E-state index in [0.717, 1.165) is 22.5 Å². The maximum atomic E-state index is 9.68. The van der Waals surface area contributed by atoms with Crippen molar-refractivity contribution in [3.05, 3.63) is 72.2 Å². The number of aliphatic hydroxyl groups excluding tert-OH is 1. The van der Waals surface area contributed by atoms with Crippen LogP contribution in [0.25, 0.3) is 5.57 Å². The van der Waals surface area contributed by atoms with Gasteiger partial charge in [0.05, 0.1) is 12.3 Å². The molecule has 98 valence electrons. The van der Waals surface area contributed by atoms with Gasteiger partial charge in [0.25, 0.3) is 0 Å². The van der Waals surface area contributed by atoms with Gasteiger partial charge in [0.1, 0.15) is 0 Å². The van der Waals surface area contributed by atoms with Crippen molar-refractivity contribution in [2.24, 2.45) is 0 Å². The van der Waals surface area contributed by atoms with E-state index < -0.39 is 0 Å². The predicted molar refractivity (Wildman–Crippen MR) is 79.8 cm³/mol. The monoisotopic (exact) mass is 254 g/mol. The van der Waals surface area contributed by atoms with Crippen LogP contribution in [-0.2, 0) is 0 Å². The van der Waals surface area contributed by atoms with Gasteiger partial charge in [-0.1, -0.05) is 30.9 Å². The molecule has 0 saturated carbocycles. The van der Waals surface area contributed by atoms with Gasteiger partial charge in [-0.3, -0.25) is 0 Å². The summed E-state index contributed by atoms with van der Waals surface area (Å²) in [6, 6.07) is 7.64. The zero-order valence-electron chi connectivity index (χ0n) is 11.0. The van der Waals surface area contributed by atoms with Crippen molar-refractivity contribution >= 4 is 11.3 Å². The molecule has 3 nitrogen and oxygen atoms in total. The van der Waals surface area contributed by atoms with Crippen molar-refractivity contribution in [3.63, 3.8) is 0 Å². The lowest BCUT2D eigenvalue weighted by atomic mass is 10.0. The number of hydrogen-bond acceptors (Lipinski definition) is 3. The number of allylic oxidation sites excluding steroid dienone is 4. The van der Waals surface area contributed by atoms with Crippen LogP contribution in [0.2, 0.25) is 0 Å². The third-order valence-corrected chi connectivity index (χ3v) is 3.18. The minimum absolute atomic E-state index is 0.0721. The third-order valence-electron chi connectivity index (χ3n) is 3.18. The third kappa shape index (κ3) is 2.61. The van der Waals surface area contributed by atoms with Gasteiger partial charge in [-0.25, -0.2) is 0 Å². The van der Waals surface area contributed by atoms with Gasteiger partial charge in [-0.15, -0.1) is 0 Å². The summed E-state index contributed by atoms with van der Waals surface area (Å²) in [5.41, 5.74) is 10.2. The predicted octanol–water partition coefficient (Wildman–Crippen LogP) is 2.89. The summed E-state index contributed by atoms with van der Waals surface area (Å²) in [4.78, 5) is 1.88. The van der Waals surface area contributed by atoms with Crippen molar-refractivity contribution in [3.8, 4) is 0 Å². The van der Waals surface area contributed by atoms with Crippen molar-refractivity contribution in [2.45, 2.75) is 6.92 Å². The van der Waals surface area contributed by atoms with E-state index in [2.05, 4.69) is 6.58 Å². The summed E-state index contributed by atoms with van der Waals surface area (Å²) in [5.74, 6) is 0. The van der Waals surface area contributed by atoms with Crippen LogP contribution in [0.1, 0.15) is 12.5 Å². The Morgan fingerprint density at radius 2 is 2.05 bits per heavy atom. The molecule has 1 aromatic carbocycles. The van der Waals surface area contributed by atoms with Gasteiger partial charge in [-0.05, 0) is 30.7 Å². The fourth-order valence-corrected chi connectivity index (χ4v) is 2.11. The molecule has 0 unspecified atom stereocenters. The summed E-state index contributed by atoms with van der Waals surface area (Å²) >= 11 is 0. The molecule has 1 aromatic rings. The maximum Gasteiger partial charge on any atom is 0.0839 e. The Labute approximate surface area is 113 Å². The minimum atomic E-state index is -0.0721. The van der Waals surface area contributed by atoms with E-state index in [1.807, 2.05) is 60.5 Å². The topological polar surface area (TPSA) is 49.5 Å². The molecule has 0 radical (unpaired) electrons. The summed E-state index contributed by atoms with van der Waals surface area (Å²) in [6.45, 7) is 5.86. The Morgan fingerprint density at radius 1 is 1.32 bits per heavy atom. The zero-order chi connectivity index (χ0) is 13.8. The Hall–Kier alpha value is -2.26. The summed E-state index contributed by atoms with van der Waals surface area (Å²) in [5, 5.41) is 9.68. The molecule has 0 fully saturated rings. The van der Waals surface area contributed by atoms with Crippen LogP contribution >= 0.6 is 0 Å². The summed E-state index contributed by atoms with van der Waals surface area (Å²) < 4.78 is 0. The fourth-order valence-electron chi connectivity index (χ4n) is 2.11. The van der Waals surface area contributed by atoms with Crippen molar-refractivity contribution in [1.82, 2.24) is 4.90 Å². The molecule has 1 aliphatic heterocycles. The lowest BCUT2D eigenvalue weighted by Gasteiger charge is -2.27. The highest BCUT2D eigenvalue weighted by molar-refractivity contribution is 5.76. The molecule has 0 aromatic heterocycles. The Balaban J connectivity index is 2.48. The first kappa shape index (κ1) is 13.2. The second-order valence-corrected chi connectivity index (χ2v) is 4.38. The molecule has 0 amide bonds. The quantitative estimate of drug-likeness (QED) is 0.815. The Morgan fingerprint density at radius 3 is 2.68 bits per heavy atom. The van der Waals surface area contributed by atoms with Crippen LogP contribution in [0.4, 0.5) is 5.69 Å². The largest absolute Gasteiger partial charge is 0.398 e. The van der Waals surface area contributed by atoms with Crippen LogP contribution < -0.4 is 5.73 Å². The van der Waals surface area contributed by atoms with Gasteiger partial charge in [-0.2, -0.15) is 0 Å². The minimum Gasteiger partial charge on any atom is -0.398 e.